The van der Waals surface area contributed by atoms with Crippen molar-refractivity contribution in [3.63, 3.8) is 0 Å². The first-order chi connectivity index (χ1) is 16.3. The van der Waals surface area contributed by atoms with Crippen molar-refractivity contribution in [1.82, 2.24) is 15.5 Å². The number of hydrogen-bond acceptors (Lipinski definition) is 5. The van der Waals surface area contributed by atoms with Gasteiger partial charge in [0.15, 0.2) is 0 Å². The number of carbonyl (C=O) groups excluding carboxylic acids is 2. The summed E-state index contributed by atoms with van der Waals surface area (Å²) in [6.45, 7) is 8.84. The zero-order chi connectivity index (χ0) is 24.7. The summed E-state index contributed by atoms with van der Waals surface area (Å²) in [4.78, 5) is 29.1. The maximum absolute atomic E-state index is 12.4. The number of amides is 2. The Kier molecular flexibility index (Phi) is 10.2. The van der Waals surface area contributed by atoms with Crippen LogP contribution in [0.2, 0.25) is 10.0 Å². The minimum Gasteiger partial charge on any atom is -0.467 e. The molecule has 3 rings (SSSR count). The van der Waals surface area contributed by atoms with E-state index in [9.17, 15) is 9.59 Å². The molecule has 1 saturated carbocycles. The molecule has 2 N–H and O–H groups in total. The van der Waals surface area contributed by atoms with Crippen LogP contribution in [-0.2, 0) is 9.53 Å². The minimum absolute atomic E-state index is 0.0294. The highest BCUT2D eigenvalue weighted by molar-refractivity contribution is 6.43. The van der Waals surface area contributed by atoms with Gasteiger partial charge in [0.05, 0.1) is 22.8 Å². The van der Waals surface area contributed by atoms with Crippen molar-refractivity contribution in [2.24, 2.45) is 11.8 Å². The number of esters is 1. The average molecular weight is 514 g/mol. The van der Waals surface area contributed by atoms with Crippen LogP contribution in [-0.4, -0.2) is 68.8 Å². The van der Waals surface area contributed by atoms with Crippen molar-refractivity contribution in [2.45, 2.75) is 58.0 Å². The monoisotopic (exact) mass is 512 g/mol. The third-order valence-corrected chi connectivity index (χ3v) is 7.90. The highest BCUT2D eigenvalue weighted by atomic mass is 35.5. The van der Waals surface area contributed by atoms with Gasteiger partial charge in [0, 0.05) is 32.2 Å². The number of halogens is 2. The van der Waals surface area contributed by atoms with Crippen LogP contribution in [0.1, 0.15) is 46.0 Å². The summed E-state index contributed by atoms with van der Waals surface area (Å²) in [6.07, 6.45) is 5.38. The number of urea groups is 1. The highest BCUT2D eigenvalue weighted by Gasteiger charge is 2.28. The van der Waals surface area contributed by atoms with Gasteiger partial charge >= 0.3 is 12.0 Å². The van der Waals surface area contributed by atoms with E-state index in [0.29, 0.717) is 16.0 Å². The van der Waals surface area contributed by atoms with Gasteiger partial charge in [0.1, 0.15) is 6.04 Å². The first-order valence-electron chi connectivity index (χ1n) is 12.3. The van der Waals surface area contributed by atoms with Crippen molar-refractivity contribution in [1.29, 1.82) is 0 Å². The van der Waals surface area contributed by atoms with E-state index in [1.54, 1.807) is 0 Å². The summed E-state index contributed by atoms with van der Waals surface area (Å²) in [5.74, 6) is 0.253. The van der Waals surface area contributed by atoms with Crippen LogP contribution < -0.4 is 15.5 Å². The molecule has 1 unspecified atom stereocenters. The van der Waals surface area contributed by atoms with Crippen molar-refractivity contribution < 1.29 is 14.3 Å². The molecule has 1 aliphatic heterocycles. The van der Waals surface area contributed by atoms with E-state index in [0.717, 1.165) is 64.1 Å². The first kappa shape index (κ1) is 26.9. The van der Waals surface area contributed by atoms with Crippen LogP contribution in [0.25, 0.3) is 0 Å². The second-order valence-electron chi connectivity index (χ2n) is 9.77. The molecule has 0 radical (unpaired) electrons. The molecule has 1 heterocycles. The number of nitrogens with one attached hydrogen (secondary N) is 2. The molecular weight excluding hydrogens is 475 g/mol. The third-order valence-electron chi connectivity index (χ3n) is 7.09. The maximum Gasteiger partial charge on any atom is 0.328 e. The molecular formula is C25H38Cl2N4O3. The van der Waals surface area contributed by atoms with Crippen LogP contribution in [0, 0.1) is 11.8 Å². The third kappa shape index (κ3) is 7.40. The van der Waals surface area contributed by atoms with E-state index < -0.39 is 12.0 Å². The zero-order valence-corrected chi connectivity index (χ0v) is 22.0. The van der Waals surface area contributed by atoms with Gasteiger partial charge in [-0.3, -0.25) is 4.90 Å². The van der Waals surface area contributed by atoms with Gasteiger partial charge < -0.3 is 20.3 Å². The Morgan fingerprint density at radius 1 is 1.09 bits per heavy atom. The smallest absolute Gasteiger partial charge is 0.328 e. The molecule has 1 aliphatic carbocycles. The number of hydrogen-bond donors (Lipinski definition) is 2. The number of rotatable bonds is 8. The number of benzene rings is 1. The van der Waals surface area contributed by atoms with E-state index in [1.165, 1.54) is 13.5 Å². The number of nitrogens with zero attached hydrogens (tertiary/aromatic N) is 2. The van der Waals surface area contributed by atoms with Crippen LogP contribution in [0.3, 0.4) is 0 Å². The quantitative estimate of drug-likeness (QED) is 0.499. The van der Waals surface area contributed by atoms with Crippen molar-refractivity contribution >= 4 is 40.9 Å². The van der Waals surface area contributed by atoms with Crippen molar-refractivity contribution in [3.05, 3.63) is 28.2 Å². The average Bonchev–Trinajstić information content (AvgIpc) is 2.83. The Morgan fingerprint density at radius 3 is 2.38 bits per heavy atom. The van der Waals surface area contributed by atoms with Crippen molar-refractivity contribution in [2.75, 3.05) is 44.7 Å². The molecule has 7 nitrogen and oxygen atoms in total. The van der Waals surface area contributed by atoms with Gasteiger partial charge in [-0.15, -0.1) is 0 Å². The number of anilines is 1. The number of carbonyl (C=O) groups is 2. The summed E-state index contributed by atoms with van der Waals surface area (Å²) in [6, 6.07) is 5.06. The lowest BCUT2D eigenvalue weighted by Gasteiger charge is -2.37. The van der Waals surface area contributed by atoms with E-state index in [1.807, 2.05) is 32.0 Å². The Balaban J connectivity index is 1.34. The Morgan fingerprint density at radius 2 is 1.76 bits per heavy atom. The molecule has 1 aromatic carbocycles. The molecule has 9 heteroatoms. The predicted octanol–water partition coefficient (Wildman–Crippen LogP) is 4.56. The fourth-order valence-electron chi connectivity index (χ4n) is 4.90. The molecule has 2 amide bonds. The van der Waals surface area contributed by atoms with E-state index >= 15 is 0 Å². The predicted molar refractivity (Wildman–Crippen MR) is 138 cm³/mol. The van der Waals surface area contributed by atoms with Gasteiger partial charge in [-0.05, 0) is 62.6 Å². The molecule has 2 fully saturated rings. The summed E-state index contributed by atoms with van der Waals surface area (Å²) in [7, 11) is 1.34. The number of methoxy groups -OCH3 is 1. The molecule has 190 valence electrons. The fraction of sp³-hybridized carbons (Fsp3) is 0.680. The minimum atomic E-state index is -0.628. The van der Waals surface area contributed by atoms with Gasteiger partial charge in [-0.2, -0.15) is 0 Å². The summed E-state index contributed by atoms with van der Waals surface area (Å²) in [5.41, 5.74) is 1.02. The topological polar surface area (TPSA) is 73.9 Å². The summed E-state index contributed by atoms with van der Waals surface area (Å²) >= 11 is 12.6. The molecule has 0 aromatic heterocycles. The van der Waals surface area contributed by atoms with E-state index in [-0.39, 0.29) is 18.0 Å². The van der Waals surface area contributed by atoms with Gasteiger partial charge in [0.2, 0.25) is 0 Å². The lowest BCUT2D eigenvalue weighted by molar-refractivity contribution is -0.144. The largest absolute Gasteiger partial charge is 0.467 e. The molecule has 34 heavy (non-hydrogen) atoms. The van der Waals surface area contributed by atoms with Gasteiger partial charge in [-0.25, -0.2) is 9.59 Å². The maximum atomic E-state index is 12.4. The lowest BCUT2D eigenvalue weighted by atomic mass is 9.84. The molecule has 2 aliphatic rings. The van der Waals surface area contributed by atoms with Crippen LogP contribution >= 0.6 is 23.2 Å². The van der Waals surface area contributed by atoms with Gasteiger partial charge in [-0.1, -0.05) is 43.1 Å². The van der Waals surface area contributed by atoms with Crippen molar-refractivity contribution in [3.8, 4) is 0 Å². The second-order valence-corrected chi connectivity index (χ2v) is 10.6. The van der Waals surface area contributed by atoms with Gasteiger partial charge in [0.25, 0.3) is 0 Å². The highest BCUT2D eigenvalue weighted by Crippen LogP contribution is 2.33. The summed E-state index contributed by atoms with van der Waals surface area (Å²) < 4.78 is 4.79. The molecule has 1 aromatic rings. The molecule has 1 saturated heterocycles. The SMILES string of the molecule is COC(=O)C(NC(=O)NC1CCC(CCN2CCN(c3cccc(Cl)c3Cl)CC2)CC1)C(C)C. The van der Waals surface area contributed by atoms with E-state index in [4.69, 9.17) is 27.9 Å². The standard InChI is InChI=1S/C25H38Cl2N4O3/c1-17(2)23(24(32)34-3)29-25(33)28-19-9-7-18(8-10-19)11-12-30-13-15-31(16-14-30)21-6-4-5-20(26)22(21)27/h4-6,17-19,23H,7-16H2,1-3H3,(H2,28,29,33). The van der Waals surface area contributed by atoms with Crippen LogP contribution in [0.5, 0.6) is 0 Å². The zero-order valence-electron chi connectivity index (χ0n) is 20.5. The first-order valence-corrected chi connectivity index (χ1v) is 13.1. The summed E-state index contributed by atoms with van der Waals surface area (Å²) in [5, 5.41) is 7.05. The Hall–Kier alpha value is -1.70. The molecule has 0 bridgehead atoms. The fourth-order valence-corrected chi connectivity index (χ4v) is 5.32. The van der Waals surface area contributed by atoms with E-state index in [2.05, 4.69) is 20.4 Å². The lowest BCUT2D eigenvalue weighted by Crippen LogP contribution is -2.51. The number of piperazine rings is 1. The van der Waals surface area contributed by atoms with Crippen LogP contribution in [0.4, 0.5) is 10.5 Å². The molecule has 1 atom stereocenters. The molecule has 0 spiro atoms. The second kappa shape index (κ2) is 12.8. The van der Waals surface area contributed by atoms with Crippen LogP contribution in [0.15, 0.2) is 18.2 Å². The normalized spacial score (nSPS) is 22.4. The Bertz CT molecular complexity index is 822. The number of ether oxygens (including phenoxy) is 1. The Labute approximate surface area is 213 Å².